The predicted octanol–water partition coefficient (Wildman–Crippen LogP) is 3.39. The molecule has 31 heavy (non-hydrogen) atoms. The lowest BCUT2D eigenvalue weighted by Crippen LogP contribution is -2.51. The van der Waals surface area contributed by atoms with Gasteiger partial charge in [-0.1, -0.05) is 25.7 Å². The molecule has 6 nitrogen and oxygen atoms in total. The molecule has 7 heteroatoms. The van der Waals surface area contributed by atoms with E-state index in [-0.39, 0.29) is 11.8 Å². The van der Waals surface area contributed by atoms with Crippen LogP contribution < -0.4 is 10.2 Å². The molecule has 0 bridgehead atoms. The second-order valence-electron chi connectivity index (χ2n) is 10.00. The van der Waals surface area contributed by atoms with Gasteiger partial charge < -0.3 is 15.1 Å². The highest BCUT2D eigenvalue weighted by molar-refractivity contribution is 7.15. The van der Waals surface area contributed by atoms with E-state index in [1.54, 1.807) is 11.3 Å². The van der Waals surface area contributed by atoms with Gasteiger partial charge in [0.2, 0.25) is 11.8 Å². The zero-order valence-corrected chi connectivity index (χ0v) is 19.4. The van der Waals surface area contributed by atoms with Gasteiger partial charge in [0.1, 0.15) is 0 Å². The molecule has 1 aromatic heterocycles. The minimum absolute atomic E-state index is 0.0985. The Hall–Kier alpha value is -1.63. The van der Waals surface area contributed by atoms with E-state index in [4.69, 9.17) is 4.98 Å². The molecule has 1 aliphatic heterocycles. The first kappa shape index (κ1) is 21.2. The fourth-order valence-electron chi connectivity index (χ4n) is 5.53. The second-order valence-corrected chi connectivity index (χ2v) is 11.1. The molecule has 3 aliphatic carbocycles. The number of thiazole rings is 1. The lowest BCUT2D eigenvalue weighted by atomic mass is 9.84. The molecule has 1 N–H and O–H groups in total. The van der Waals surface area contributed by atoms with Gasteiger partial charge in [0.15, 0.2) is 5.13 Å². The van der Waals surface area contributed by atoms with Gasteiger partial charge in [-0.3, -0.25) is 9.59 Å². The molecule has 3 fully saturated rings. The first-order valence-electron chi connectivity index (χ1n) is 12.5. The van der Waals surface area contributed by atoms with Gasteiger partial charge in [-0.05, 0) is 50.9 Å². The summed E-state index contributed by atoms with van der Waals surface area (Å²) < 4.78 is 0. The van der Waals surface area contributed by atoms with Crippen LogP contribution in [0, 0.1) is 17.8 Å². The van der Waals surface area contributed by atoms with Crippen LogP contribution in [0.2, 0.25) is 0 Å². The highest BCUT2D eigenvalue weighted by Crippen LogP contribution is 2.35. The normalized spacial score (nSPS) is 25.1. The first-order valence-corrected chi connectivity index (χ1v) is 13.3. The fourth-order valence-corrected chi connectivity index (χ4v) is 6.77. The smallest absolute Gasteiger partial charge is 0.225 e. The van der Waals surface area contributed by atoms with Crippen LogP contribution in [0.3, 0.4) is 0 Å². The molecule has 1 aromatic rings. The van der Waals surface area contributed by atoms with Crippen LogP contribution in [0.15, 0.2) is 0 Å². The number of aryl methyl sites for hydroxylation is 1. The third-order valence-electron chi connectivity index (χ3n) is 7.91. The van der Waals surface area contributed by atoms with Crippen molar-refractivity contribution < 1.29 is 9.59 Å². The first-order chi connectivity index (χ1) is 15.2. The highest BCUT2D eigenvalue weighted by atomic mass is 32.1. The molecule has 2 saturated carbocycles. The summed E-state index contributed by atoms with van der Waals surface area (Å²) in [5.74, 6) is 1.68. The maximum absolute atomic E-state index is 12.8. The van der Waals surface area contributed by atoms with Crippen molar-refractivity contribution in [1.29, 1.82) is 0 Å². The van der Waals surface area contributed by atoms with Crippen LogP contribution in [0.4, 0.5) is 5.13 Å². The molecule has 2 heterocycles. The van der Waals surface area contributed by atoms with Crippen molar-refractivity contribution in [2.24, 2.45) is 17.8 Å². The summed E-state index contributed by atoms with van der Waals surface area (Å²) in [4.78, 5) is 35.9. The number of fused-ring (bicyclic) bond motifs is 1. The number of nitrogens with one attached hydrogen (secondary N) is 1. The van der Waals surface area contributed by atoms with E-state index in [1.165, 1.54) is 49.1 Å². The summed E-state index contributed by atoms with van der Waals surface area (Å²) >= 11 is 1.77. The Morgan fingerprint density at radius 2 is 1.71 bits per heavy atom. The topological polar surface area (TPSA) is 65.5 Å². The molecule has 0 radical (unpaired) electrons. The van der Waals surface area contributed by atoms with Crippen molar-refractivity contribution in [3.63, 3.8) is 0 Å². The zero-order chi connectivity index (χ0) is 21.2. The molecule has 0 aromatic carbocycles. The quantitative estimate of drug-likeness (QED) is 0.756. The average molecular weight is 445 g/mol. The molecular weight excluding hydrogens is 408 g/mol. The van der Waals surface area contributed by atoms with Crippen molar-refractivity contribution in [2.75, 3.05) is 37.6 Å². The number of aromatic nitrogens is 1. The average Bonchev–Trinajstić information content (AvgIpc) is 3.20. The van der Waals surface area contributed by atoms with Gasteiger partial charge in [0.05, 0.1) is 5.69 Å². The van der Waals surface area contributed by atoms with E-state index in [1.807, 2.05) is 0 Å². The molecule has 5 rings (SSSR count). The van der Waals surface area contributed by atoms with Crippen molar-refractivity contribution in [2.45, 2.75) is 70.6 Å². The lowest BCUT2D eigenvalue weighted by Gasteiger charge is -2.38. The van der Waals surface area contributed by atoms with Gasteiger partial charge in [-0.25, -0.2) is 4.98 Å². The number of nitrogens with zero attached hydrogens (tertiary/aromatic N) is 3. The maximum Gasteiger partial charge on any atom is 0.225 e. The molecule has 0 spiro atoms. The number of carbonyl (C=O) groups excluding carboxylic acids is 2. The molecule has 4 aliphatic rings. The molecule has 1 atom stereocenters. The third-order valence-corrected chi connectivity index (χ3v) is 9.09. The minimum Gasteiger partial charge on any atom is -0.356 e. The predicted molar refractivity (Wildman–Crippen MR) is 123 cm³/mol. The molecule has 1 saturated heterocycles. The van der Waals surface area contributed by atoms with Crippen LogP contribution in [0.5, 0.6) is 0 Å². The second kappa shape index (κ2) is 9.47. The number of hydrogen-bond acceptors (Lipinski definition) is 5. The van der Waals surface area contributed by atoms with E-state index in [0.717, 1.165) is 70.0 Å². The van der Waals surface area contributed by atoms with Gasteiger partial charge >= 0.3 is 0 Å². The van der Waals surface area contributed by atoms with E-state index in [9.17, 15) is 9.59 Å². The number of hydrogen-bond donors (Lipinski definition) is 1. The fraction of sp³-hybridized carbons (Fsp3) is 0.792. The molecule has 0 unspecified atom stereocenters. The van der Waals surface area contributed by atoms with Gasteiger partial charge in [0.25, 0.3) is 0 Å². The summed E-state index contributed by atoms with van der Waals surface area (Å²) in [7, 11) is 0. The number of rotatable bonds is 5. The van der Waals surface area contributed by atoms with Crippen LogP contribution >= 0.6 is 11.3 Å². The van der Waals surface area contributed by atoms with Crippen LogP contribution in [-0.4, -0.2) is 54.4 Å². The van der Waals surface area contributed by atoms with E-state index in [0.29, 0.717) is 17.7 Å². The van der Waals surface area contributed by atoms with Gasteiger partial charge in [-0.2, -0.15) is 0 Å². The van der Waals surface area contributed by atoms with Crippen LogP contribution in [0.25, 0.3) is 0 Å². The molecule has 2 amide bonds. The van der Waals surface area contributed by atoms with Gasteiger partial charge in [-0.15, -0.1) is 11.3 Å². The Morgan fingerprint density at radius 1 is 0.935 bits per heavy atom. The summed E-state index contributed by atoms with van der Waals surface area (Å²) in [6.45, 7) is 4.23. The lowest BCUT2D eigenvalue weighted by molar-refractivity contribution is -0.138. The number of amides is 2. The van der Waals surface area contributed by atoms with Crippen molar-refractivity contribution in [3.05, 3.63) is 10.6 Å². The Kier molecular flexibility index (Phi) is 6.49. The van der Waals surface area contributed by atoms with Crippen molar-refractivity contribution in [1.82, 2.24) is 15.2 Å². The summed E-state index contributed by atoms with van der Waals surface area (Å²) in [5, 5.41) is 4.34. The number of anilines is 1. The Morgan fingerprint density at radius 3 is 2.42 bits per heavy atom. The largest absolute Gasteiger partial charge is 0.356 e. The van der Waals surface area contributed by atoms with Gasteiger partial charge in [0, 0.05) is 49.4 Å². The number of piperazine rings is 1. The Balaban J connectivity index is 1.12. The highest BCUT2D eigenvalue weighted by Gasteiger charge is 2.33. The molecule has 170 valence electrons. The van der Waals surface area contributed by atoms with E-state index >= 15 is 0 Å². The third kappa shape index (κ3) is 4.76. The summed E-state index contributed by atoms with van der Waals surface area (Å²) in [6, 6.07) is 0. The maximum atomic E-state index is 12.8. The monoisotopic (exact) mass is 444 g/mol. The standard InChI is InChI=1S/C24H36N4O2S/c29-22(25-16-17-5-2-1-3-6-17)19-9-10-20-21(15-19)31-24(26-20)28-13-11-27(12-14-28)23(30)18-7-4-8-18/h17-19H,1-16H2,(H,25,29)/t19-/m0/s1. The van der Waals surface area contributed by atoms with Crippen LogP contribution in [0.1, 0.15) is 68.4 Å². The summed E-state index contributed by atoms with van der Waals surface area (Å²) in [6.07, 6.45) is 12.6. The zero-order valence-electron chi connectivity index (χ0n) is 18.6. The van der Waals surface area contributed by atoms with E-state index in [2.05, 4.69) is 15.1 Å². The minimum atomic E-state index is 0.0985. The Bertz CT molecular complexity index is 791. The van der Waals surface area contributed by atoms with E-state index < -0.39 is 0 Å². The van der Waals surface area contributed by atoms with Crippen molar-refractivity contribution >= 4 is 28.3 Å². The Labute approximate surface area is 189 Å². The van der Waals surface area contributed by atoms with Crippen LogP contribution in [-0.2, 0) is 22.4 Å². The number of carbonyl (C=O) groups is 2. The summed E-state index contributed by atoms with van der Waals surface area (Å²) in [5.41, 5.74) is 1.20. The SMILES string of the molecule is O=C(NCC1CCCCC1)[C@H]1CCc2nc(N3CCN(C(=O)C4CCC4)CC3)sc2C1. The molecular formula is C24H36N4O2S. The van der Waals surface area contributed by atoms with Crippen molar-refractivity contribution in [3.8, 4) is 0 Å².